The van der Waals surface area contributed by atoms with Gasteiger partial charge in [0, 0.05) is 15.8 Å². The van der Waals surface area contributed by atoms with Gasteiger partial charge in [0.1, 0.15) is 11.9 Å². The maximum Gasteiger partial charge on any atom is 0.126 e. The highest BCUT2D eigenvalue weighted by atomic mass is 79.9. The molecule has 0 aliphatic heterocycles. The number of nitriles is 1. The van der Waals surface area contributed by atoms with Crippen molar-refractivity contribution in [3.05, 3.63) is 57.8 Å². The SMILES string of the molecule is Cc1cc(Nc2ccc(C#N)c(Br)c2)ccc1F. The second-order valence-corrected chi connectivity index (χ2v) is 4.75. The Morgan fingerprint density at radius 2 is 1.83 bits per heavy atom. The molecule has 2 aromatic carbocycles. The van der Waals surface area contributed by atoms with Crippen molar-refractivity contribution in [1.82, 2.24) is 0 Å². The van der Waals surface area contributed by atoms with E-state index < -0.39 is 0 Å². The maximum absolute atomic E-state index is 13.1. The van der Waals surface area contributed by atoms with Crippen molar-refractivity contribution in [3.8, 4) is 6.07 Å². The van der Waals surface area contributed by atoms with Crippen LogP contribution in [0, 0.1) is 24.1 Å². The van der Waals surface area contributed by atoms with E-state index in [0.717, 1.165) is 15.8 Å². The third-order valence-corrected chi connectivity index (χ3v) is 3.19. The zero-order valence-corrected chi connectivity index (χ0v) is 11.3. The van der Waals surface area contributed by atoms with Crippen molar-refractivity contribution in [3.63, 3.8) is 0 Å². The van der Waals surface area contributed by atoms with Crippen LogP contribution in [0.1, 0.15) is 11.1 Å². The summed E-state index contributed by atoms with van der Waals surface area (Å²) in [5, 5.41) is 12.0. The first-order valence-electron chi connectivity index (χ1n) is 5.33. The van der Waals surface area contributed by atoms with Crippen molar-refractivity contribution >= 4 is 27.3 Å². The fraction of sp³-hybridized carbons (Fsp3) is 0.0714. The number of aryl methyl sites for hydroxylation is 1. The molecule has 0 bridgehead atoms. The number of hydrogen-bond acceptors (Lipinski definition) is 2. The van der Waals surface area contributed by atoms with Gasteiger partial charge in [-0.15, -0.1) is 0 Å². The largest absolute Gasteiger partial charge is 0.355 e. The predicted molar refractivity (Wildman–Crippen MR) is 73.3 cm³/mol. The Bertz CT molecular complexity index is 632. The molecule has 0 atom stereocenters. The van der Waals surface area contributed by atoms with Crippen LogP contribution in [-0.2, 0) is 0 Å². The second-order valence-electron chi connectivity index (χ2n) is 3.90. The lowest BCUT2D eigenvalue weighted by atomic mass is 10.2. The first kappa shape index (κ1) is 12.6. The number of halogens is 2. The lowest BCUT2D eigenvalue weighted by molar-refractivity contribution is 0.619. The quantitative estimate of drug-likeness (QED) is 0.886. The van der Waals surface area contributed by atoms with Gasteiger partial charge in [0.25, 0.3) is 0 Å². The van der Waals surface area contributed by atoms with Crippen molar-refractivity contribution < 1.29 is 4.39 Å². The monoisotopic (exact) mass is 304 g/mol. The summed E-state index contributed by atoms with van der Waals surface area (Å²) in [5.74, 6) is -0.221. The Labute approximate surface area is 113 Å². The Balaban J connectivity index is 2.26. The number of nitrogens with one attached hydrogen (secondary N) is 1. The van der Waals surface area contributed by atoms with E-state index in [0.29, 0.717) is 11.1 Å². The average molecular weight is 305 g/mol. The number of nitrogens with zero attached hydrogens (tertiary/aromatic N) is 1. The molecule has 0 saturated carbocycles. The molecule has 0 aliphatic carbocycles. The van der Waals surface area contributed by atoms with Crippen LogP contribution in [0.4, 0.5) is 15.8 Å². The van der Waals surface area contributed by atoms with Gasteiger partial charge in [-0.2, -0.15) is 5.26 Å². The van der Waals surface area contributed by atoms with Crippen molar-refractivity contribution in [1.29, 1.82) is 5.26 Å². The molecule has 2 rings (SSSR count). The normalized spacial score (nSPS) is 9.89. The lowest BCUT2D eigenvalue weighted by Crippen LogP contribution is -1.92. The summed E-state index contributed by atoms with van der Waals surface area (Å²) in [6.45, 7) is 1.72. The van der Waals surface area contributed by atoms with Gasteiger partial charge < -0.3 is 5.32 Å². The molecular weight excluding hydrogens is 295 g/mol. The van der Waals surface area contributed by atoms with Gasteiger partial charge in [0.2, 0.25) is 0 Å². The minimum absolute atomic E-state index is 0.221. The van der Waals surface area contributed by atoms with Gasteiger partial charge >= 0.3 is 0 Å². The first-order valence-corrected chi connectivity index (χ1v) is 6.12. The Kier molecular flexibility index (Phi) is 3.63. The van der Waals surface area contributed by atoms with Crippen LogP contribution in [0.25, 0.3) is 0 Å². The van der Waals surface area contributed by atoms with Crippen LogP contribution in [0.15, 0.2) is 40.9 Å². The van der Waals surface area contributed by atoms with Gasteiger partial charge in [-0.3, -0.25) is 0 Å². The standard InChI is InChI=1S/C14H10BrFN2/c1-9-6-11(4-5-14(9)16)18-12-3-2-10(8-17)13(15)7-12/h2-7,18H,1H3. The van der Waals surface area contributed by atoms with E-state index in [2.05, 4.69) is 27.3 Å². The van der Waals surface area contributed by atoms with Crippen molar-refractivity contribution in [2.75, 3.05) is 5.32 Å². The summed E-state index contributed by atoms with van der Waals surface area (Å²) < 4.78 is 13.9. The molecule has 0 saturated heterocycles. The van der Waals surface area contributed by atoms with Crippen molar-refractivity contribution in [2.45, 2.75) is 6.92 Å². The Morgan fingerprint density at radius 1 is 1.17 bits per heavy atom. The van der Waals surface area contributed by atoms with Gasteiger partial charge in [-0.05, 0) is 64.8 Å². The van der Waals surface area contributed by atoms with Gasteiger partial charge in [0.05, 0.1) is 5.56 Å². The van der Waals surface area contributed by atoms with Gasteiger partial charge in [0.15, 0.2) is 0 Å². The molecule has 0 spiro atoms. The first-order chi connectivity index (χ1) is 8.60. The average Bonchev–Trinajstić information content (AvgIpc) is 2.34. The van der Waals surface area contributed by atoms with Gasteiger partial charge in [-0.1, -0.05) is 0 Å². The molecule has 1 N–H and O–H groups in total. The molecular formula is C14H10BrFN2. The third kappa shape index (κ3) is 2.69. The molecule has 0 radical (unpaired) electrons. The van der Waals surface area contributed by atoms with Crippen LogP contribution in [-0.4, -0.2) is 0 Å². The van der Waals surface area contributed by atoms with Crippen LogP contribution in [0.2, 0.25) is 0 Å². The molecule has 0 fully saturated rings. The predicted octanol–water partition coefficient (Wildman–Crippen LogP) is 4.51. The van der Waals surface area contributed by atoms with Crippen molar-refractivity contribution in [2.24, 2.45) is 0 Å². The summed E-state index contributed by atoms with van der Waals surface area (Å²) in [6, 6.07) is 12.3. The molecule has 0 heterocycles. The fourth-order valence-electron chi connectivity index (χ4n) is 1.57. The fourth-order valence-corrected chi connectivity index (χ4v) is 2.04. The lowest BCUT2D eigenvalue weighted by Gasteiger charge is -2.08. The zero-order chi connectivity index (χ0) is 13.1. The highest BCUT2D eigenvalue weighted by Gasteiger charge is 2.02. The van der Waals surface area contributed by atoms with E-state index in [1.54, 1.807) is 25.1 Å². The number of benzene rings is 2. The highest BCUT2D eigenvalue weighted by molar-refractivity contribution is 9.10. The van der Waals surface area contributed by atoms with Crippen LogP contribution in [0.5, 0.6) is 0 Å². The molecule has 90 valence electrons. The van der Waals surface area contributed by atoms with Crippen LogP contribution < -0.4 is 5.32 Å². The van der Waals surface area contributed by atoms with E-state index >= 15 is 0 Å². The molecule has 0 amide bonds. The number of hydrogen-bond donors (Lipinski definition) is 1. The topological polar surface area (TPSA) is 35.8 Å². The Morgan fingerprint density at radius 3 is 2.44 bits per heavy atom. The third-order valence-electron chi connectivity index (χ3n) is 2.54. The molecule has 18 heavy (non-hydrogen) atoms. The summed E-state index contributed by atoms with van der Waals surface area (Å²) in [4.78, 5) is 0. The van der Waals surface area contributed by atoms with E-state index in [-0.39, 0.29) is 5.82 Å². The summed E-state index contributed by atoms with van der Waals surface area (Å²) in [5.41, 5.74) is 2.82. The summed E-state index contributed by atoms with van der Waals surface area (Å²) >= 11 is 3.32. The minimum Gasteiger partial charge on any atom is -0.355 e. The Hall–Kier alpha value is -1.86. The minimum atomic E-state index is -0.221. The molecule has 0 aromatic heterocycles. The molecule has 0 aliphatic rings. The number of anilines is 2. The molecule has 2 nitrogen and oxygen atoms in total. The van der Waals surface area contributed by atoms with Gasteiger partial charge in [-0.25, -0.2) is 4.39 Å². The molecule has 0 unspecified atom stereocenters. The molecule has 2 aromatic rings. The summed E-state index contributed by atoms with van der Waals surface area (Å²) in [7, 11) is 0. The summed E-state index contributed by atoms with van der Waals surface area (Å²) in [6.07, 6.45) is 0. The second kappa shape index (κ2) is 5.19. The number of rotatable bonds is 2. The van der Waals surface area contributed by atoms with E-state index in [1.165, 1.54) is 6.07 Å². The van der Waals surface area contributed by atoms with E-state index in [4.69, 9.17) is 5.26 Å². The highest BCUT2D eigenvalue weighted by Crippen LogP contribution is 2.24. The smallest absolute Gasteiger partial charge is 0.126 e. The van der Waals surface area contributed by atoms with E-state index in [1.807, 2.05) is 12.1 Å². The van der Waals surface area contributed by atoms with Crippen LogP contribution in [0.3, 0.4) is 0 Å². The zero-order valence-electron chi connectivity index (χ0n) is 9.67. The maximum atomic E-state index is 13.1. The molecule has 4 heteroatoms. The van der Waals surface area contributed by atoms with E-state index in [9.17, 15) is 4.39 Å². The van der Waals surface area contributed by atoms with Crippen LogP contribution >= 0.6 is 15.9 Å².